The highest BCUT2D eigenvalue weighted by Gasteiger charge is 2.24. The number of carboxylic acid groups (broad SMARTS) is 2. The second kappa shape index (κ2) is 6.31. The van der Waals surface area contributed by atoms with Gasteiger partial charge in [-0.1, -0.05) is 6.92 Å². The third kappa shape index (κ3) is 4.76. The molecule has 0 aromatic carbocycles. The lowest BCUT2D eigenvalue weighted by molar-refractivity contribution is -0.159. The second-order valence-electron chi connectivity index (χ2n) is 2.95. The zero-order valence-electron chi connectivity index (χ0n) is 7.86. The minimum absolute atomic E-state index is 0.319. The number of alkyl halides is 1. The number of carbonyl (C=O) groups is 2. The molecular weight excluding hydrogens is 193 g/mol. The molecule has 1 fully saturated rings. The van der Waals surface area contributed by atoms with Gasteiger partial charge in [-0.25, -0.2) is 14.0 Å². The topological polar surface area (TPSA) is 86.6 Å². The van der Waals surface area contributed by atoms with Gasteiger partial charge in [-0.05, 0) is 6.42 Å². The van der Waals surface area contributed by atoms with Crippen LogP contribution in [0.4, 0.5) is 4.39 Å². The zero-order chi connectivity index (χ0) is 11.1. The SMILES string of the molecule is CCC(F)C1CNC1.O=C(O)C(=O)O. The van der Waals surface area contributed by atoms with Crippen LogP contribution in [-0.4, -0.2) is 41.4 Å². The Bertz CT molecular complexity index is 191. The fraction of sp³-hybridized carbons (Fsp3) is 0.750. The third-order valence-electron chi connectivity index (χ3n) is 1.90. The van der Waals surface area contributed by atoms with Crippen molar-refractivity contribution in [3.63, 3.8) is 0 Å². The van der Waals surface area contributed by atoms with Crippen molar-refractivity contribution in [3.8, 4) is 0 Å². The first-order valence-electron chi connectivity index (χ1n) is 4.30. The molecule has 0 aromatic rings. The highest BCUT2D eigenvalue weighted by Crippen LogP contribution is 2.14. The van der Waals surface area contributed by atoms with Gasteiger partial charge in [-0.3, -0.25) is 0 Å². The summed E-state index contributed by atoms with van der Waals surface area (Å²) >= 11 is 0. The van der Waals surface area contributed by atoms with Gasteiger partial charge < -0.3 is 15.5 Å². The summed E-state index contributed by atoms with van der Waals surface area (Å²) < 4.78 is 12.5. The molecule has 1 heterocycles. The van der Waals surface area contributed by atoms with Crippen LogP contribution in [0.5, 0.6) is 0 Å². The van der Waals surface area contributed by atoms with Crippen molar-refractivity contribution in [3.05, 3.63) is 0 Å². The maximum atomic E-state index is 12.5. The minimum Gasteiger partial charge on any atom is -0.473 e. The van der Waals surface area contributed by atoms with Crippen molar-refractivity contribution in [1.82, 2.24) is 5.32 Å². The van der Waals surface area contributed by atoms with Gasteiger partial charge in [0.2, 0.25) is 0 Å². The van der Waals surface area contributed by atoms with E-state index in [1.54, 1.807) is 0 Å². The molecular formula is C8H14FNO4. The van der Waals surface area contributed by atoms with E-state index in [2.05, 4.69) is 5.32 Å². The maximum Gasteiger partial charge on any atom is 0.414 e. The number of nitrogens with one attached hydrogen (secondary N) is 1. The molecule has 0 amide bonds. The number of aliphatic carboxylic acids is 2. The van der Waals surface area contributed by atoms with Crippen LogP contribution in [0.25, 0.3) is 0 Å². The predicted molar refractivity (Wildman–Crippen MR) is 46.8 cm³/mol. The van der Waals surface area contributed by atoms with Crippen LogP contribution < -0.4 is 5.32 Å². The summed E-state index contributed by atoms with van der Waals surface area (Å²) in [4.78, 5) is 18.2. The summed E-state index contributed by atoms with van der Waals surface area (Å²) in [6.45, 7) is 3.66. The first-order valence-corrected chi connectivity index (χ1v) is 4.30. The number of rotatable bonds is 2. The molecule has 14 heavy (non-hydrogen) atoms. The fourth-order valence-corrected chi connectivity index (χ4v) is 0.900. The van der Waals surface area contributed by atoms with E-state index in [1.807, 2.05) is 6.92 Å². The Labute approximate surface area is 80.9 Å². The van der Waals surface area contributed by atoms with Gasteiger partial charge in [0, 0.05) is 19.0 Å². The van der Waals surface area contributed by atoms with E-state index in [-0.39, 0.29) is 0 Å². The Morgan fingerprint density at radius 3 is 1.93 bits per heavy atom. The molecule has 1 unspecified atom stereocenters. The summed E-state index contributed by atoms with van der Waals surface area (Å²) in [5.41, 5.74) is 0. The van der Waals surface area contributed by atoms with Crippen LogP contribution in [0.3, 0.4) is 0 Å². The van der Waals surface area contributed by atoms with E-state index in [0.29, 0.717) is 12.3 Å². The molecule has 6 heteroatoms. The minimum atomic E-state index is -1.82. The molecule has 0 aromatic heterocycles. The van der Waals surface area contributed by atoms with Crippen LogP contribution in [0.15, 0.2) is 0 Å². The quantitative estimate of drug-likeness (QED) is 0.559. The lowest BCUT2D eigenvalue weighted by atomic mass is 9.96. The summed E-state index contributed by atoms with van der Waals surface area (Å²) in [6, 6.07) is 0. The van der Waals surface area contributed by atoms with E-state index < -0.39 is 18.1 Å². The number of halogens is 1. The Morgan fingerprint density at radius 2 is 1.86 bits per heavy atom. The number of hydrogen-bond acceptors (Lipinski definition) is 3. The molecule has 0 aliphatic carbocycles. The first-order chi connectivity index (χ1) is 6.49. The Morgan fingerprint density at radius 1 is 1.43 bits per heavy atom. The maximum absolute atomic E-state index is 12.5. The average molecular weight is 207 g/mol. The molecule has 5 nitrogen and oxygen atoms in total. The Balaban J connectivity index is 0.000000255. The third-order valence-corrected chi connectivity index (χ3v) is 1.90. The molecule has 0 radical (unpaired) electrons. The van der Waals surface area contributed by atoms with Gasteiger partial charge in [0.15, 0.2) is 0 Å². The summed E-state index contributed by atoms with van der Waals surface area (Å²) in [5.74, 6) is -3.33. The highest BCUT2D eigenvalue weighted by molar-refractivity contribution is 6.27. The predicted octanol–water partition coefficient (Wildman–Crippen LogP) is 0.109. The average Bonchev–Trinajstić information content (AvgIpc) is 2.02. The summed E-state index contributed by atoms with van der Waals surface area (Å²) in [6.07, 6.45) is 0.114. The van der Waals surface area contributed by atoms with Gasteiger partial charge in [-0.2, -0.15) is 0 Å². The fourth-order valence-electron chi connectivity index (χ4n) is 0.900. The van der Waals surface area contributed by atoms with Gasteiger partial charge in [0.1, 0.15) is 6.17 Å². The summed E-state index contributed by atoms with van der Waals surface area (Å²) in [5, 5.41) is 17.8. The zero-order valence-corrected chi connectivity index (χ0v) is 7.86. The van der Waals surface area contributed by atoms with E-state index >= 15 is 0 Å². The van der Waals surface area contributed by atoms with Gasteiger partial charge >= 0.3 is 11.9 Å². The van der Waals surface area contributed by atoms with Crippen molar-refractivity contribution in [2.24, 2.45) is 5.92 Å². The van der Waals surface area contributed by atoms with Crippen LogP contribution in [0.1, 0.15) is 13.3 Å². The van der Waals surface area contributed by atoms with E-state index in [0.717, 1.165) is 13.1 Å². The number of hydrogen-bond donors (Lipinski definition) is 3. The molecule has 1 rings (SSSR count). The standard InChI is InChI=1S/C6H12FN.C2H2O4/c1-2-6(7)5-3-8-4-5;3-1(4)2(5)6/h5-6,8H,2-4H2,1H3;(H,3,4)(H,5,6). The van der Waals surface area contributed by atoms with Crippen LogP contribution >= 0.6 is 0 Å². The molecule has 0 saturated carbocycles. The van der Waals surface area contributed by atoms with Crippen molar-refractivity contribution < 1.29 is 24.2 Å². The van der Waals surface area contributed by atoms with Gasteiger partial charge in [-0.15, -0.1) is 0 Å². The smallest absolute Gasteiger partial charge is 0.414 e. The largest absolute Gasteiger partial charge is 0.473 e. The monoisotopic (exact) mass is 207 g/mol. The molecule has 1 atom stereocenters. The van der Waals surface area contributed by atoms with Crippen molar-refractivity contribution in [2.45, 2.75) is 19.5 Å². The van der Waals surface area contributed by atoms with E-state index in [9.17, 15) is 4.39 Å². The summed E-state index contributed by atoms with van der Waals surface area (Å²) in [7, 11) is 0. The lowest BCUT2D eigenvalue weighted by Gasteiger charge is -2.29. The highest BCUT2D eigenvalue weighted by atomic mass is 19.1. The molecule has 1 aliphatic heterocycles. The Kier molecular flexibility index (Phi) is 5.78. The lowest BCUT2D eigenvalue weighted by Crippen LogP contribution is -2.46. The molecule has 3 N–H and O–H groups in total. The van der Waals surface area contributed by atoms with Gasteiger partial charge in [0.25, 0.3) is 0 Å². The van der Waals surface area contributed by atoms with Crippen molar-refractivity contribution in [2.75, 3.05) is 13.1 Å². The van der Waals surface area contributed by atoms with E-state index in [4.69, 9.17) is 19.8 Å². The van der Waals surface area contributed by atoms with Crippen LogP contribution in [0, 0.1) is 5.92 Å². The molecule has 82 valence electrons. The van der Waals surface area contributed by atoms with Crippen LogP contribution in [0.2, 0.25) is 0 Å². The number of carboxylic acids is 2. The van der Waals surface area contributed by atoms with Crippen LogP contribution in [-0.2, 0) is 9.59 Å². The first kappa shape index (κ1) is 12.8. The second-order valence-corrected chi connectivity index (χ2v) is 2.95. The molecule has 1 saturated heterocycles. The van der Waals surface area contributed by atoms with Gasteiger partial charge in [0.05, 0.1) is 0 Å². The molecule has 1 aliphatic rings. The van der Waals surface area contributed by atoms with E-state index in [1.165, 1.54) is 0 Å². The van der Waals surface area contributed by atoms with Crippen molar-refractivity contribution >= 4 is 11.9 Å². The molecule has 0 spiro atoms. The normalized spacial score (nSPS) is 17.3. The molecule has 0 bridgehead atoms. The Hall–Kier alpha value is -1.17. The van der Waals surface area contributed by atoms with Crippen molar-refractivity contribution in [1.29, 1.82) is 0 Å².